The third kappa shape index (κ3) is 3.52. The molecule has 0 spiro atoms. The van der Waals surface area contributed by atoms with Crippen LogP contribution in [0.5, 0.6) is 0 Å². The van der Waals surface area contributed by atoms with Gasteiger partial charge in [0.15, 0.2) is 0 Å². The summed E-state index contributed by atoms with van der Waals surface area (Å²) in [5.41, 5.74) is 0. The van der Waals surface area contributed by atoms with Crippen molar-refractivity contribution in [3.8, 4) is 0 Å². The van der Waals surface area contributed by atoms with Crippen molar-refractivity contribution in [3.05, 3.63) is 0 Å². The fourth-order valence-electron chi connectivity index (χ4n) is 2.07. The molecule has 1 heterocycles. The fourth-order valence-corrected chi connectivity index (χ4v) is 2.07. The highest BCUT2D eigenvalue weighted by Gasteiger charge is 2.32. The van der Waals surface area contributed by atoms with Gasteiger partial charge in [-0.15, -0.1) is 0 Å². The minimum atomic E-state index is -0.925. The second kappa shape index (κ2) is 6.34. The van der Waals surface area contributed by atoms with Crippen molar-refractivity contribution in [2.24, 2.45) is 0 Å². The number of carbonyl (C=O) groups is 3. The molecule has 1 rings (SSSR count). The predicted octanol–water partition coefficient (Wildman–Crippen LogP) is -0.371. The molecular formula is C11H18N2O4. The number of aliphatic carboxylic acids is 1. The average molecular weight is 242 g/mol. The molecule has 2 atom stereocenters. The van der Waals surface area contributed by atoms with E-state index in [9.17, 15) is 14.4 Å². The summed E-state index contributed by atoms with van der Waals surface area (Å²) < 4.78 is 0. The number of carboxylic acid groups (broad SMARTS) is 1. The Kier molecular flexibility index (Phi) is 5.09. The standard InChI is InChI=1S/C11H18N2O4/c1-12-9(4-5-10(15)16)11(17)13-6-2-3-8(13)7-14/h7-9,12H,2-6H2,1H3,(H,15,16)/t8-,9-/m0/s1. The molecule has 17 heavy (non-hydrogen) atoms. The van der Waals surface area contributed by atoms with Crippen LogP contribution in [-0.4, -0.2) is 53.8 Å². The highest BCUT2D eigenvalue weighted by Crippen LogP contribution is 2.17. The Labute approximate surface area is 100.0 Å². The molecule has 6 heteroatoms. The van der Waals surface area contributed by atoms with E-state index in [0.29, 0.717) is 13.0 Å². The van der Waals surface area contributed by atoms with Crippen LogP contribution in [0.15, 0.2) is 0 Å². The normalized spacial score (nSPS) is 21.2. The van der Waals surface area contributed by atoms with Gasteiger partial charge in [0.1, 0.15) is 6.29 Å². The van der Waals surface area contributed by atoms with Crippen molar-refractivity contribution in [1.82, 2.24) is 10.2 Å². The SMILES string of the molecule is CN[C@@H](CCC(=O)O)C(=O)N1CCC[C@H]1C=O. The van der Waals surface area contributed by atoms with Gasteiger partial charge < -0.3 is 20.1 Å². The van der Waals surface area contributed by atoms with Crippen LogP contribution in [0.3, 0.4) is 0 Å². The molecule has 1 amide bonds. The molecule has 96 valence electrons. The van der Waals surface area contributed by atoms with Gasteiger partial charge in [-0.1, -0.05) is 0 Å². The molecule has 0 saturated carbocycles. The molecule has 2 N–H and O–H groups in total. The Hall–Kier alpha value is -1.43. The topological polar surface area (TPSA) is 86.7 Å². The van der Waals surface area contributed by atoms with E-state index in [-0.39, 0.29) is 24.8 Å². The van der Waals surface area contributed by atoms with Crippen LogP contribution in [0, 0.1) is 0 Å². The number of carboxylic acids is 1. The molecule has 0 radical (unpaired) electrons. The van der Waals surface area contributed by atoms with E-state index < -0.39 is 12.0 Å². The first kappa shape index (κ1) is 13.6. The number of aldehydes is 1. The summed E-state index contributed by atoms with van der Waals surface area (Å²) in [5, 5.41) is 11.4. The van der Waals surface area contributed by atoms with Crippen LogP contribution >= 0.6 is 0 Å². The molecule has 1 aliphatic heterocycles. The van der Waals surface area contributed by atoms with Gasteiger partial charge in [0.2, 0.25) is 5.91 Å². The number of likely N-dealkylation sites (tertiary alicyclic amines) is 1. The van der Waals surface area contributed by atoms with Gasteiger partial charge in [0.25, 0.3) is 0 Å². The maximum atomic E-state index is 12.1. The molecule has 0 aliphatic carbocycles. The maximum Gasteiger partial charge on any atom is 0.303 e. The molecule has 1 fully saturated rings. The van der Waals surface area contributed by atoms with Crippen LogP contribution in [-0.2, 0) is 14.4 Å². The van der Waals surface area contributed by atoms with Crippen molar-refractivity contribution in [1.29, 1.82) is 0 Å². The van der Waals surface area contributed by atoms with Crippen molar-refractivity contribution < 1.29 is 19.5 Å². The Morgan fingerprint density at radius 3 is 2.82 bits per heavy atom. The summed E-state index contributed by atoms with van der Waals surface area (Å²) in [5.74, 6) is -1.10. The molecule has 0 aromatic rings. The van der Waals surface area contributed by atoms with E-state index in [2.05, 4.69) is 5.32 Å². The monoisotopic (exact) mass is 242 g/mol. The summed E-state index contributed by atoms with van der Waals surface area (Å²) in [7, 11) is 1.62. The second-order valence-electron chi connectivity index (χ2n) is 4.15. The molecule has 0 unspecified atom stereocenters. The maximum absolute atomic E-state index is 12.1. The Balaban J connectivity index is 2.58. The number of rotatable bonds is 6. The number of hydrogen-bond acceptors (Lipinski definition) is 4. The number of likely N-dealkylation sites (N-methyl/N-ethyl adjacent to an activating group) is 1. The number of carbonyl (C=O) groups excluding carboxylic acids is 2. The lowest BCUT2D eigenvalue weighted by molar-refractivity contribution is -0.139. The number of nitrogens with zero attached hydrogens (tertiary/aromatic N) is 1. The summed E-state index contributed by atoms with van der Waals surface area (Å²) in [4.78, 5) is 34.9. The Morgan fingerprint density at radius 2 is 2.29 bits per heavy atom. The molecule has 6 nitrogen and oxygen atoms in total. The Bertz CT molecular complexity index is 306. The zero-order valence-corrected chi connectivity index (χ0v) is 9.89. The summed E-state index contributed by atoms with van der Waals surface area (Å²) >= 11 is 0. The van der Waals surface area contributed by atoms with Crippen molar-refractivity contribution >= 4 is 18.2 Å². The zero-order chi connectivity index (χ0) is 12.8. The van der Waals surface area contributed by atoms with Crippen LogP contribution in [0.2, 0.25) is 0 Å². The summed E-state index contributed by atoms with van der Waals surface area (Å²) in [6.45, 7) is 0.577. The highest BCUT2D eigenvalue weighted by atomic mass is 16.4. The quantitative estimate of drug-likeness (QED) is 0.620. The lowest BCUT2D eigenvalue weighted by Gasteiger charge is -2.25. The minimum absolute atomic E-state index is 0.0587. The van der Waals surface area contributed by atoms with Crippen LogP contribution in [0.4, 0.5) is 0 Å². The van der Waals surface area contributed by atoms with Gasteiger partial charge in [0, 0.05) is 13.0 Å². The predicted molar refractivity (Wildman–Crippen MR) is 60.5 cm³/mol. The molecule has 1 saturated heterocycles. The summed E-state index contributed by atoms with van der Waals surface area (Å²) in [6.07, 6.45) is 2.49. The molecule has 1 aliphatic rings. The largest absolute Gasteiger partial charge is 0.481 e. The first-order chi connectivity index (χ1) is 8.10. The third-order valence-electron chi connectivity index (χ3n) is 3.03. The molecular weight excluding hydrogens is 224 g/mol. The van der Waals surface area contributed by atoms with Gasteiger partial charge in [-0.25, -0.2) is 0 Å². The van der Waals surface area contributed by atoms with E-state index in [4.69, 9.17) is 5.11 Å². The van der Waals surface area contributed by atoms with E-state index in [0.717, 1.165) is 12.7 Å². The lowest BCUT2D eigenvalue weighted by atomic mass is 10.1. The average Bonchev–Trinajstić information content (AvgIpc) is 2.77. The first-order valence-corrected chi connectivity index (χ1v) is 5.75. The van der Waals surface area contributed by atoms with Crippen LogP contribution in [0.25, 0.3) is 0 Å². The number of amides is 1. The smallest absolute Gasteiger partial charge is 0.303 e. The molecule has 0 aromatic heterocycles. The molecule has 0 aromatic carbocycles. The highest BCUT2D eigenvalue weighted by molar-refractivity contribution is 5.85. The van der Waals surface area contributed by atoms with E-state index in [1.165, 1.54) is 4.90 Å². The van der Waals surface area contributed by atoms with Crippen LogP contribution in [0.1, 0.15) is 25.7 Å². The fraction of sp³-hybridized carbons (Fsp3) is 0.727. The van der Waals surface area contributed by atoms with Gasteiger partial charge in [-0.05, 0) is 26.3 Å². The third-order valence-corrected chi connectivity index (χ3v) is 3.03. The minimum Gasteiger partial charge on any atom is -0.481 e. The first-order valence-electron chi connectivity index (χ1n) is 5.75. The van der Waals surface area contributed by atoms with Gasteiger partial charge >= 0.3 is 5.97 Å². The van der Waals surface area contributed by atoms with E-state index >= 15 is 0 Å². The van der Waals surface area contributed by atoms with Crippen molar-refractivity contribution in [2.75, 3.05) is 13.6 Å². The van der Waals surface area contributed by atoms with Gasteiger partial charge in [-0.3, -0.25) is 9.59 Å². The number of nitrogens with one attached hydrogen (secondary N) is 1. The van der Waals surface area contributed by atoms with E-state index in [1.54, 1.807) is 7.05 Å². The van der Waals surface area contributed by atoms with Crippen molar-refractivity contribution in [2.45, 2.75) is 37.8 Å². The van der Waals surface area contributed by atoms with Crippen molar-refractivity contribution in [3.63, 3.8) is 0 Å². The second-order valence-corrected chi connectivity index (χ2v) is 4.15. The lowest BCUT2D eigenvalue weighted by Crippen LogP contribution is -2.47. The number of hydrogen-bond donors (Lipinski definition) is 2. The van der Waals surface area contributed by atoms with Crippen LogP contribution < -0.4 is 5.32 Å². The van der Waals surface area contributed by atoms with E-state index in [1.807, 2.05) is 0 Å². The summed E-state index contributed by atoms with van der Waals surface area (Å²) in [6, 6.07) is -0.866. The zero-order valence-electron chi connectivity index (χ0n) is 9.89. The van der Waals surface area contributed by atoms with Gasteiger partial charge in [0.05, 0.1) is 12.1 Å². The Morgan fingerprint density at radius 1 is 1.59 bits per heavy atom. The molecule has 0 bridgehead atoms. The van der Waals surface area contributed by atoms with Gasteiger partial charge in [-0.2, -0.15) is 0 Å².